The number of aromatic nitrogens is 1. The van der Waals surface area contributed by atoms with E-state index >= 15 is 0 Å². The van der Waals surface area contributed by atoms with Crippen LogP contribution in [-0.2, 0) is 0 Å². The van der Waals surface area contributed by atoms with Gasteiger partial charge in [-0.15, -0.1) is 0 Å². The second-order valence-electron chi connectivity index (χ2n) is 5.25. The zero-order chi connectivity index (χ0) is 19.0. The lowest BCUT2D eigenvalue weighted by atomic mass is 10.0. The molecule has 1 aromatic heterocycles. The second kappa shape index (κ2) is 6.47. The highest BCUT2D eigenvalue weighted by Crippen LogP contribution is 2.23. The van der Waals surface area contributed by atoms with Crippen LogP contribution < -0.4 is 11.3 Å². The molecule has 0 atom stereocenters. The Bertz CT molecular complexity index is 1070. The quantitative estimate of drug-likeness (QED) is 0.576. The fourth-order valence-electron chi connectivity index (χ4n) is 2.44. The lowest BCUT2D eigenvalue weighted by molar-refractivity contribution is 0.103. The SMILES string of the molecule is Nc1c(C(=O)c2ccc(F)cc2F)ccc(=O)n1-c1c(F)[c]ccc1F. The summed E-state index contributed by atoms with van der Waals surface area (Å²) in [6.07, 6.45) is 0. The molecule has 3 aromatic rings. The van der Waals surface area contributed by atoms with Crippen LogP contribution in [0.4, 0.5) is 23.4 Å². The van der Waals surface area contributed by atoms with E-state index < -0.39 is 51.7 Å². The van der Waals surface area contributed by atoms with Gasteiger partial charge in [0.15, 0.2) is 11.6 Å². The Labute approximate surface area is 144 Å². The first kappa shape index (κ1) is 17.4. The van der Waals surface area contributed by atoms with Crippen molar-refractivity contribution in [2.75, 3.05) is 5.73 Å². The molecule has 0 spiro atoms. The van der Waals surface area contributed by atoms with Gasteiger partial charge in [-0.05, 0) is 30.3 Å². The van der Waals surface area contributed by atoms with E-state index in [1.54, 1.807) is 0 Å². The molecule has 0 saturated heterocycles. The molecular weight excluding hydrogens is 352 g/mol. The highest BCUT2D eigenvalue weighted by Gasteiger charge is 2.22. The molecule has 8 heteroatoms. The molecule has 26 heavy (non-hydrogen) atoms. The van der Waals surface area contributed by atoms with Gasteiger partial charge in [-0.25, -0.2) is 17.6 Å². The number of carbonyl (C=O) groups excluding carboxylic acids is 1. The van der Waals surface area contributed by atoms with Crippen molar-refractivity contribution in [1.82, 2.24) is 4.57 Å². The van der Waals surface area contributed by atoms with E-state index in [4.69, 9.17) is 5.73 Å². The summed E-state index contributed by atoms with van der Waals surface area (Å²) >= 11 is 0. The number of ketones is 1. The van der Waals surface area contributed by atoms with Gasteiger partial charge in [-0.1, -0.05) is 0 Å². The molecule has 0 fully saturated rings. The summed E-state index contributed by atoms with van der Waals surface area (Å²) in [7, 11) is 0. The third-order valence-corrected chi connectivity index (χ3v) is 3.65. The number of hydrogen-bond acceptors (Lipinski definition) is 3. The molecule has 0 aliphatic rings. The normalized spacial score (nSPS) is 10.8. The molecule has 0 unspecified atom stereocenters. The van der Waals surface area contributed by atoms with E-state index in [-0.39, 0.29) is 5.56 Å². The van der Waals surface area contributed by atoms with Crippen molar-refractivity contribution < 1.29 is 22.4 Å². The van der Waals surface area contributed by atoms with Crippen LogP contribution in [0.2, 0.25) is 0 Å². The smallest absolute Gasteiger partial charge is 0.256 e. The fraction of sp³-hybridized carbons (Fsp3) is 0. The average Bonchev–Trinajstić information content (AvgIpc) is 2.57. The van der Waals surface area contributed by atoms with E-state index in [0.717, 1.165) is 36.4 Å². The van der Waals surface area contributed by atoms with Crippen LogP contribution in [0.5, 0.6) is 0 Å². The highest BCUT2D eigenvalue weighted by molar-refractivity contribution is 6.11. The number of carbonyl (C=O) groups is 1. The van der Waals surface area contributed by atoms with Crippen LogP contribution >= 0.6 is 0 Å². The van der Waals surface area contributed by atoms with Crippen LogP contribution in [0.15, 0.2) is 47.3 Å². The standard InChI is InChI=1S/C18H9F4N2O2/c19-9-4-5-10(14(22)8-9)17(26)11-6-7-15(25)24(18(11)23)16-12(20)2-1-3-13(16)21/h1-2,4-8H,23H2. The van der Waals surface area contributed by atoms with Crippen molar-refractivity contribution >= 4 is 11.6 Å². The number of nitrogen functional groups attached to an aromatic ring is 1. The second-order valence-corrected chi connectivity index (χ2v) is 5.25. The third-order valence-electron chi connectivity index (χ3n) is 3.65. The number of rotatable bonds is 3. The van der Waals surface area contributed by atoms with Gasteiger partial charge in [0.25, 0.3) is 5.56 Å². The molecule has 2 N–H and O–H groups in total. The minimum Gasteiger partial charge on any atom is -0.384 e. The van der Waals surface area contributed by atoms with Gasteiger partial charge < -0.3 is 5.73 Å². The monoisotopic (exact) mass is 361 g/mol. The summed E-state index contributed by atoms with van der Waals surface area (Å²) in [5.74, 6) is -5.90. The molecular formula is C18H9F4N2O2. The number of nitrogens with zero attached hydrogens (tertiary/aromatic N) is 1. The van der Waals surface area contributed by atoms with Gasteiger partial charge in [-0.2, -0.15) is 0 Å². The number of hydrogen-bond donors (Lipinski definition) is 1. The molecule has 2 aromatic carbocycles. The van der Waals surface area contributed by atoms with Crippen molar-refractivity contribution in [3.8, 4) is 5.69 Å². The number of pyridine rings is 1. The van der Waals surface area contributed by atoms with Gasteiger partial charge in [0.1, 0.15) is 29.0 Å². The van der Waals surface area contributed by atoms with Gasteiger partial charge in [0.2, 0.25) is 0 Å². The number of halogens is 4. The summed E-state index contributed by atoms with van der Waals surface area (Å²) in [4.78, 5) is 24.6. The molecule has 0 bridgehead atoms. The largest absolute Gasteiger partial charge is 0.384 e. The minimum atomic E-state index is -1.20. The van der Waals surface area contributed by atoms with Gasteiger partial charge >= 0.3 is 0 Å². The molecule has 0 aliphatic carbocycles. The topological polar surface area (TPSA) is 65.1 Å². The van der Waals surface area contributed by atoms with E-state index in [2.05, 4.69) is 6.07 Å². The summed E-state index contributed by atoms with van der Waals surface area (Å²) in [6, 6.07) is 8.05. The predicted molar refractivity (Wildman–Crippen MR) is 85.0 cm³/mol. The zero-order valence-corrected chi connectivity index (χ0v) is 12.9. The van der Waals surface area contributed by atoms with Gasteiger partial charge in [0.05, 0.1) is 11.1 Å². The summed E-state index contributed by atoms with van der Waals surface area (Å²) in [6.45, 7) is 0. The van der Waals surface area contributed by atoms with E-state index in [0.29, 0.717) is 10.6 Å². The molecule has 1 heterocycles. The number of nitrogens with two attached hydrogens (primary N) is 1. The van der Waals surface area contributed by atoms with Gasteiger partial charge in [0, 0.05) is 18.2 Å². The first-order chi connectivity index (χ1) is 12.3. The number of benzene rings is 2. The van der Waals surface area contributed by atoms with Crippen molar-refractivity contribution in [3.05, 3.63) is 93.3 Å². The summed E-state index contributed by atoms with van der Waals surface area (Å²) < 4.78 is 55.3. The van der Waals surface area contributed by atoms with E-state index in [1.165, 1.54) is 0 Å². The predicted octanol–water partition coefficient (Wildman–Crippen LogP) is 3.01. The Morgan fingerprint density at radius 3 is 2.31 bits per heavy atom. The Balaban J connectivity index is 2.23. The minimum absolute atomic E-state index is 0.377. The summed E-state index contributed by atoms with van der Waals surface area (Å²) in [5.41, 5.74) is 3.16. The summed E-state index contributed by atoms with van der Waals surface area (Å²) in [5, 5.41) is 0. The lowest BCUT2D eigenvalue weighted by Crippen LogP contribution is -2.25. The fourth-order valence-corrected chi connectivity index (χ4v) is 2.44. The Morgan fingerprint density at radius 2 is 1.65 bits per heavy atom. The highest BCUT2D eigenvalue weighted by atomic mass is 19.1. The van der Waals surface area contributed by atoms with Crippen LogP contribution in [0.1, 0.15) is 15.9 Å². The van der Waals surface area contributed by atoms with E-state index in [1.807, 2.05) is 0 Å². The Morgan fingerprint density at radius 1 is 0.962 bits per heavy atom. The molecule has 0 saturated carbocycles. The maximum absolute atomic E-state index is 14.0. The third kappa shape index (κ3) is 2.85. The van der Waals surface area contributed by atoms with Crippen LogP contribution in [0.25, 0.3) is 5.69 Å². The van der Waals surface area contributed by atoms with Crippen molar-refractivity contribution in [1.29, 1.82) is 0 Å². The van der Waals surface area contributed by atoms with E-state index in [9.17, 15) is 27.2 Å². The van der Waals surface area contributed by atoms with Crippen molar-refractivity contribution in [3.63, 3.8) is 0 Å². The zero-order valence-electron chi connectivity index (χ0n) is 12.9. The lowest BCUT2D eigenvalue weighted by Gasteiger charge is -2.14. The molecule has 3 rings (SSSR count). The molecule has 0 amide bonds. The van der Waals surface area contributed by atoms with Gasteiger partial charge in [-0.3, -0.25) is 14.2 Å². The number of anilines is 1. The molecule has 4 nitrogen and oxygen atoms in total. The molecule has 131 valence electrons. The van der Waals surface area contributed by atoms with Crippen molar-refractivity contribution in [2.45, 2.75) is 0 Å². The van der Waals surface area contributed by atoms with Crippen LogP contribution in [0.3, 0.4) is 0 Å². The molecule has 1 radical (unpaired) electrons. The molecule has 0 aliphatic heterocycles. The first-order valence-electron chi connectivity index (χ1n) is 7.18. The average molecular weight is 361 g/mol. The first-order valence-corrected chi connectivity index (χ1v) is 7.18. The Hall–Kier alpha value is -3.42. The maximum atomic E-state index is 14.0. The van der Waals surface area contributed by atoms with Crippen LogP contribution in [-0.4, -0.2) is 10.4 Å². The Kier molecular flexibility index (Phi) is 4.33. The maximum Gasteiger partial charge on any atom is 0.256 e. The van der Waals surface area contributed by atoms with Crippen molar-refractivity contribution in [2.24, 2.45) is 0 Å². The van der Waals surface area contributed by atoms with Crippen LogP contribution in [0, 0.1) is 29.3 Å².